The van der Waals surface area contributed by atoms with Crippen LogP contribution in [0.3, 0.4) is 0 Å². The van der Waals surface area contributed by atoms with Crippen LogP contribution in [0.15, 0.2) is 24.3 Å². The molecular formula is C14H18N2O4S. The Morgan fingerprint density at radius 3 is 2.67 bits per heavy atom. The summed E-state index contributed by atoms with van der Waals surface area (Å²) in [6.07, 6.45) is 1.84. The van der Waals surface area contributed by atoms with Crippen LogP contribution < -0.4 is 11.1 Å². The predicted molar refractivity (Wildman–Crippen MR) is 81.0 cm³/mol. The third-order valence-corrected chi connectivity index (χ3v) is 3.41. The molecule has 0 fully saturated rings. The third kappa shape index (κ3) is 5.86. The summed E-state index contributed by atoms with van der Waals surface area (Å²) in [4.78, 5) is 33.9. The Morgan fingerprint density at radius 2 is 2.10 bits per heavy atom. The number of carboxylic acids is 1. The Morgan fingerprint density at radius 1 is 1.38 bits per heavy atom. The van der Waals surface area contributed by atoms with Crippen molar-refractivity contribution in [3.63, 3.8) is 0 Å². The number of nitrogens with two attached hydrogens (primary N) is 1. The van der Waals surface area contributed by atoms with Crippen molar-refractivity contribution < 1.29 is 19.5 Å². The molecule has 114 valence electrons. The molecule has 0 aliphatic heterocycles. The van der Waals surface area contributed by atoms with Gasteiger partial charge in [0, 0.05) is 17.7 Å². The molecule has 6 nitrogen and oxygen atoms in total. The van der Waals surface area contributed by atoms with Crippen molar-refractivity contribution in [1.29, 1.82) is 0 Å². The number of hydrogen-bond acceptors (Lipinski definition) is 4. The number of benzene rings is 1. The largest absolute Gasteiger partial charge is 0.480 e. The lowest BCUT2D eigenvalue weighted by Gasteiger charge is -2.14. The van der Waals surface area contributed by atoms with Gasteiger partial charge in [0.15, 0.2) is 0 Å². The molecule has 1 aromatic carbocycles. The number of hydrogen-bond donors (Lipinski definition) is 3. The molecule has 0 radical (unpaired) electrons. The maximum absolute atomic E-state index is 12.1. The average molecular weight is 310 g/mol. The molecule has 1 aromatic rings. The highest BCUT2D eigenvalue weighted by molar-refractivity contribution is 7.97. The lowest BCUT2D eigenvalue weighted by molar-refractivity contribution is -0.139. The number of amides is 2. The van der Waals surface area contributed by atoms with Crippen LogP contribution in [0.5, 0.6) is 0 Å². The summed E-state index contributed by atoms with van der Waals surface area (Å²) in [5.74, 6) is -1.50. The van der Waals surface area contributed by atoms with Crippen molar-refractivity contribution in [2.75, 3.05) is 6.26 Å². The molecular weight excluding hydrogens is 292 g/mol. The van der Waals surface area contributed by atoms with Crippen molar-refractivity contribution in [3.8, 4) is 0 Å². The van der Waals surface area contributed by atoms with Crippen LogP contribution in [-0.4, -0.2) is 35.2 Å². The van der Waals surface area contributed by atoms with Crippen molar-refractivity contribution in [1.82, 2.24) is 5.32 Å². The predicted octanol–water partition coefficient (Wildman–Crippen LogP) is 0.998. The van der Waals surface area contributed by atoms with Crippen molar-refractivity contribution in [2.24, 2.45) is 5.73 Å². The minimum atomic E-state index is -1.19. The number of carbonyl (C=O) groups is 3. The van der Waals surface area contributed by atoms with Gasteiger partial charge in [-0.2, -0.15) is 11.8 Å². The zero-order chi connectivity index (χ0) is 15.8. The fourth-order valence-electron chi connectivity index (χ4n) is 1.75. The second kappa shape index (κ2) is 8.31. The van der Waals surface area contributed by atoms with E-state index in [1.807, 2.05) is 12.3 Å². The molecule has 1 rings (SSSR count). The van der Waals surface area contributed by atoms with Gasteiger partial charge in [-0.15, -0.1) is 0 Å². The average Bonchev–Trinajstić information content (AvgIpc) is 2.43. The first-order valence-electron chi connectivity index (χ1n) is 6.34. The molecule has 0 heterocycles. The van der Waals surface area contributed by atoms with Crippen molar-refractivity contribution in [2.45, 2.75) is 24.6 Å². The minimum absolute atomic E-state index is 0.0269. The minimum Gasteiger partial charge on any atom is -0.480 e. The van der Waals surface area contributed by atoms with Gasteiger partial charge in [0.1, 0.15) is 6.04 Å². The maximum atomic E-state index is 12.1. The van der Waals surface area contributed by atoms with Crippen LogP contribution in [0.4, 0.5) is 0 Å². The van der Waals surface area contributed by atoms with E-state index in [9.17, 15) is 14.4 Å². The highest BCUT2D eigenvalue weighted by Crippen LogP contribution is 2.12. The monoisotopic (exact) mass is 310 g/mol. The molecule has 0 unspecified atom stereocenters. The van der Waals surface area contributed by atoms with Gasteiger partial charge >= 0.3 is 5.97 Å². The summed E-state index contributed by atoms with van der Waals surface area (Å²) in [6.45, 7) is 0. The summed E-state index contributed by atoms with van der Waals surface area (Å²) in [7, 11) is 0. The molecule has 7 heteroatoms. The smallest absolute Gasteiger partial charge is 0.326 e. The van der Waals surface area contributed by atoms with E-state index in [1.165, 1.54) is 0 Å². The summed E-state index contributed by atoms with van der Waals surface area (Å²) < 4.78 is 0. The van der Waals surface area contributed by atoms with Crippen LogP contribution >= 0.6 is 11.8 Å². The van der Waals surface area contributed by atoms with Gasteiger partial charge in [0.25, 0.3) is 5.91 Å². The first kappa shape index (κ1) is 17.0. The summed E-state index contributed by atoms with van der Waals surface area (Å²) >= 11 is 1.63. The number of thioether (sulfide) groups is 1. The van der Waals surface area contributed by atoms with Gasteiger partial charge < -0.3 is 16.2 Å². The van der Waals surface area contributed by atoms with E-state index in [4.69, 9.17) is 10.8 Å². The molecule has 0 bridgehead atoms. The third-order valence-electron chi connectivity index (χ3n) is 2.78. The first-order chi connectivity index (χ1) is 9.93. The van der Waals surface area contributed by atoms with Crippen LogP contribution in [0.1, 0.15) is 28.8 Å². The highest BCUT2D eigenvalue weighted by Gasteiger charge is 2.21. The number of carboxylic acid groups (broad SMARTS) is 1. The van der Waals surface area contributed by atoms with Crippen molar-refractivity contribution in [3.05, 3.63) is 35.4 Å². The summed E-state index contributed by atoms with van der Waals surface area (Å²) in [6, 6.07) is 5.86. The molecule has 2 amide bonds. The van der Waals surface area contributed by atoms with E-state index in [-0.39, 0.29) is 12.8 Å². The Labute approximate surface area is 127 Å². The number of nitrogens with one attached hydrogen (secondary N) is 1. The van der Waals surface area contributed by atoms with Crippen molar-refractivity contribution >= 4 is 29.5 Å². The molecule has 0 aromatic heterocycles. The molecule has 0 saturated heterocycles. The van der Waals surface area contributed by atoms with Crippen LogP contribution in [0.25, 0.3) is 0 Å². The molecule has 0 aliphatic carbocycles. The fraction of sp³-hybridized carbons (Fsp3) is 0.357. The van der Waals surface area contributed by atoms with Crippen LogP contribution in [-0.2, 0) is 15.3 Å². The normalized spacial score (nSPS) is 11.7. The Hall–Kier alpha value is -2.02. The zero-order valence-corrected chi connectivity index (χ0v) is 12.5. The molecule has 0 saturated carbocycles. The maximum Gasteiger partial charge on any atom is 0.326 e. The fourth-order valence-corrected chi connectivity index (χ4v) is 2.27. The standard InChI is InChI=1S/C14H18N2O4S/c1-21-8-9-3-2-4-10(7-9)13(18)16-11(14(19)20)5-6-12(15)17/h2-4,7,11H,5-6,8H2,1H3,(H2,15,17)(H,16,18)(H,19,20)/t11-/m1/s1. The topological polar surface area (TPSA) is 109 Å². The van der Waals surface area contributed by atoms with E-state index in [0.29, 0.717) is 5.56 Å². The molecule has 4 N–H and O–H groups in total. The Bertz CT molecular complexity index is 533. The lowest BCUT2D eigenvalue weighted by Crippen LogP contribution is -2.41. The van der Waals surface area contributed by atoms with E-state index >= 15 is 0 Å². The van der Waals surface area contributed by atoms with Gasteiger partial charge in [-0.05, 0) is 30.4 Å². The quantitative estimate of drug-likeness (QED) is 0.663. The number of primary amides is 1. The second-order valence-electron chi connectivity index (χ2n) is 4.50. The number of rotatable bonds is 8. The van der Waals surface area contributed by atoms with Gasteiger partial charge in [-0.3, -0.25) is 9.59 Å². The van der Waals surface area contributed by atoms with E-state index in [2.05, 4.69) is 5.32 Å². The zero-order valence-electron chi connectivity index (χ0n) is 11.7. The first-order valence-corrected chi connectivity index (χ1v) is 7.73. The van der Waals surface area contributed by atoms with E-state index in [1.54, 1.807) is 30.0 Å². The van der Waals surface area contributed by atoms with Crippen LogP contribution in [0, 0.1) is 0 Å². The highest BCUT2D eigenvalue weighted by atomic mass is 32.2. The summed E-state index contributed by atoms with van der Waals surface area (Å²) in [5, 5.41) is 11.5. The molecule has 21 heavy (non-hydrogen) atoms. The van der Waals surface area contributed by atoms with Gasteiger partial charge in [-0.1, -0.05) is 12.1 Å². The van der Waals surface area contributed by atoms with Gasteiger partial charge in [-0.25, -0.2) is 4.79 Å². The Kier molecular flexibility index (Phi) is 6.74. The van der Waals surface area contributed by atoms with E-state index in [0.717, 1.165) is 11.3 Å². The van der Waals surface area contributed by atoms with E-state index < -0.39 is 23.8 Å². The number of aliphatic carboxylic acids is 1. The Balaban J connectivity index is 2.74. The second-order valence-corrected chi connectivity index (χ2v) is 5.37. The molecule has 0 spiro atoms. The van der Waals surface area contributed by atoms with Gasteiger partial charge in [0.05, 0.1) is 0 Å². The summed E-state index contributed by atoms with van der Waals surface area (Å²) in [5.41, 5.74) is 6.37. The number of carbonyl (C=O) groups excluding carboxylic acids is 2. The van der Waals surface area contributed by atoms with Gasteiger partial charge in [0.2, 0.25) is 5.91 Å². The lowest BCUT2D eigenvalue weighted by atomic mass is 10.1. The molecule has 0 aliphatic rings. The van der Waals surface area contributed by atoms with Crippen LogP contribution in [0.2, 0.25) is 0 Å². The SMILES string of the molecule is CSCc1cccc(C(=O)N[C@H](CCC(N)=O)C(=O)O)c1. The molecule has 1 atom stereocenters.